The van der Waals surface area contributed by atoms with Gasteiger partial charge in [-0.3, -0.25) is 13.9 Å². The smallest absolute Gasteiger partial charge is 0.264 e. The molecule has 0 aliphatic heterocycles. The average molecular weight is 554 g/mol. The van der Waals surface area contributed by atoms with E-state index in [1.165, 1.54) is 29.2 Å². The van der Waals surface area contributed by atoms with Crippen molar-refractivity contribution in [1.29, 1.82) is 0 Å². The third-order valence-corrected chi connectivity index (χ3v) is 8.70. The molecule has 0 unspecified atom stereocenters. The highest BCUT2D eigenvalue weighted by Gasteiger charge is 2.33. The van der Waals surface area contributed by atoms with Crippen molar-refractivity contribution < 1.29 is 22.4 Å². The fraction of sp³-hybridized carbons (Fsp3) is 0.333. The largest absolute Gasteiger partial charge is 0.352 e. The molecule has 0 aliphatic rings. The summed E-state index contributed by atoms with van der Waals surface area (Å²) < 4.78 is 43.4. The number of amides is 2. The molecule has 0 aliphatic carbocycles. The van der Waals surface area contributed by atoms with Crippen molar-refractivity contribution in [3.05, 3.63) is 95.3 Å². The van der Waals surface area contributed by atoms with Crippen LogP contribution in [0.4, 0.5) is 10.1 Å². The van der Waals surface area contributed by atoms with Crippen LogP contribution in [-0.4, -0.2) is 43.8 Å². The lowest BCUT2D eigenvalue weighted by atomic mass is 10.1. The van der Waals surface area contributed by atoms with Gasteiger partial charge < -0.3 is 10.2 Å². The summed E-state index contributed by atoms with van der Waals surface area (Å²) in [6, 6.07) is 18.0. The van der Waals surface area contributed by atoms with Crippen LogP contribution < -0.4 is 9.62 Å². The quantitative estimate of drug-likeness (QED) is 0.363. The minimum atomic E-state index is -4.16. The maximum Gasteiger partial charge on any atom is 0.264 e. The van der Waals surface area contributed by atoms with Crippen molar-refractivity contribution >= 4 is 27.5 Å². The number of nitrogens with zero attached hydrogens (tertiary/aromatic N) is 2. The van der Waals surface area contributed by atoms with E-state index in [9.17, 15) is 22.4 Å². The van der Waals surface area contributed by atoms with Gasteiger partial charge in [0.05, 0.1) is 10.6 Å². The molecule has 0 saturated heterocycles. The van der Waals surface area contributed by atoms with Crippen molar-refractivity contribution in [3.63, 3.8) is 0 Å². The zero-order chi connectivity index (χ0) is 28.7. The first-order valence-electron chi connectivity index (χ1n) is 12.9. The first-order valence-corrected chi connectivity index (χ1v) is 14.4. The Morgan fingerprint density at radius 1 is 0.923 bits per heavy atom. The fourth-order valence-corrected chi connectivity index (χ4v) is 5.59. The molecular weight excluding hydrogens is 517 g/mol. The lowest BCUT2D eigenvalue weighted by Crippen LogP contribution is -2.52. The van der Waals surface area contributed by atoms with Crippen molar-refractivity contribution in [2.24, 2.45) is 0 Å². The Hall–Kier alpha value is -3.72. The van der Waals surface area contributed by atoms with Gasteiger partial charge in [0.15, 0.2) is 0 Å². The SMILES string of the molecule is CC[C@H](C)NC(=O)[C@H](C)N(Cc1ccccc1F)C(=O)CN(c1cccc(C)c1C)S(=O)(=O)c1ccccc1. The fourth-order valence-electron chi connectivity index (χ4n) is 4.10. The normalized spacial score (nSPS) is 12.9. The van der Waals surface area contributed by atoms with Gasteiger partial charge in [0.2, 0.25) is 11.8 Å². The van der Waals surface area contributed by atoms with E-state index in [1.807, 2.05) is 26.8 Å². The summed E-state index contributed by atoms with van der Waals surface area (Å²) in [5.74, 6) is -1.56. The van der Waals surface area contributed by atoms with E-state index in [1.54, 1.807) is 56.3 Å². The summed E-state index contributed by atoms with van der Waals surface area (Å²) in [5.41, 5.74) is 2.14. The van der Waals surface area contributed by atoms with E-state index in [-0.39, 0.29) is 23.0 Å². The summed E-state index contributed by atoms with van der Waals surface area (Å²) in [6.07, 6.45) is 0.690. The molecule has 208 valence electrons. The van der Waals surface area contributed by atoms with E-state index in [2.05, 4.69) is 5.32 Å². The number of hydrogen-bond acceptors (Lipinski definition) is 4. The number of anilines is 1. The number of carbonyl (C=O) groups is 2. The number of benzene rings is 3. The highest BCUT2D eigenvalue weighted by atomic mass is 32.2. The Kier molecular flexibility index (Phi) is 9.86. The van der Waals surface area contributed by atoms with Crippen LogP contribution in [-0.2, 0) is 26.2 Å². The monoisotopic (exact) mass is 553 g/mol. The minimum Gasteiger partial charge on any atom is -0.352 e. The van der Waals surface area contributed by atoms with Gasteiger partial charge in [-0.05, 0) is 69.5 Å². The Labute approximate surface area is 230 Å². The van der Waals surface area contributed by atoms with Crippen LogP contribution in [0.5, 0.6) is 0 Å². The molecule has 7 nitrogen and oxygen atoms in total. The molecule has 2 amide bonds. The number of sulfonamides is 1. The van der Waals surface area contributed by atoms with Gasteiger partial charge in [-0.1, -0.05) is 55.5 Å². The molecular formula is C30H36FN3O4S. The van der Waals surface area contributed by atoms with Gasteiger partial charge in [0, 0.05) is 18.2 Å². The first-order chi connectivity index (χ1) is 18.5. The van der Waals surface area contributed by atoms with Crippen LogP contribution in [0.25, 0.3) is 0 Å². The van der Waals surface area contributed by atoms with Crippen LogP contribution >= 0.6 is 0 Å². The van der Waals surface area contributed by atoms with Gasteiger partial charge in [-0.15, -0.1) is 0 Å². The molecule has 0 fully saturated rings. The molecule has 0 bridgehead atoms. The molecule has 0 heterocycles. The molecule has 3 aromatic carbocycles. The number of rotatable bonds is 11. The Morgan fingerprint density at radius 2 is 1.56 bits per heavy atom. The van der Waals surface area contributed by atoms with Crippen LogP contribution in [0.15, 0.2) is 77.7 Å². The molecule has 0 saturated carbocycles. The summed E-state index contributed by atoms with van der Waals surface area (Å²) in [7, 11) is -4.16. The number of carbonyl (C=O) groups excluding carboxylic acids is 2. The predicted octanol–water partition coefficient (Wildman–Crippen LogP) is 4.97. The van der Waals surface area contributed by atoms with Gasteiger partial charge in [0.1, 0.15) is 18.4 Å². The summed E-state index contributed by atoms with van der Waals surface area (Å²) >= 11 is 0. The van der Waals surface area contributed by atoms with Crippen LogP contribution in [0.2, 0.25) is 0 Å². The highest BCUT2D eigenvalue weighted by Crippen LogP contribution is 2.29. The van der Waals surface area contributed by atoms with Crippen molar-refractivity contribution in [2.45, 2.75) is 64.6 Å². The topological polar surface area (TPSA) is 86.8 Å². The van der Waals surface area contributed by atoms with Crippen molar-refractivity contribution in [3.8, 4) is 0 Å². The second-order valence-corrected chi connectivity index (χ2v) is 11.5. The molecule has 39 heavy (non-hydrogen) atoms. The standard InChI is InChI=1S/C30H36FN3O4S/c1-6-22(3)32-30(36)24(5)33(19-25-14-10-11-17-27(25)31)29(35)20-34(28-18-12-13-21(2)23(28)4)39(37,38)26-15-8-7-9-16-26/h7-18,22,24H,6,19-20H2,1-5H3,(H,32,36)/t22-,24-/m0/s1. The van der Waals surface area contributed by atoms with Gasteiger partial charge in [-0.25, -0.2) is 12.8 Å². The molecule has 9 heteroatoms. The van der Waals surface area contributed by atoms with Crippen LogP contribution in [0.3, 0.4) is 0 Å². The molecule has 0 aromatic heterocycles. The Morgan fingerprint density at radius 3 is 2.21 bits per heavy atom. The Bertz CT molecular complexity index is 1410. The number of aryl methyl sites for hydroxylation is 1. The van der Waals surface area contributed by atoms with Gasteiger partial charge >= 0.3 is 0 Å². The molecule has 0 radical (unpaired) electrons. The van der Waals surface area contributed by atoms with Crippen molar-refractivity contribution in [1.82, 2.24) is 10.2 Å². The number of hydrogen-bond donors (Lipinski definition) is 1. The van der Waals surface area contributed by atoms with Crippen molar-refractivity contribution in [2.75, 3.05) is 10.8 Å². The van der Waals surface area contributed by atoms with E-state index in [0.29, 0.717) is 17.7 Å². The zero-order valence-electron chi connectivity index (χ0n) is 23.0. The number of halogens is 1. The third-order valence-electron chi connectivity index (χ3n) is 6.92. The molecule has 3 aromatic rings. The summed E-state index contributed by atoms with van der Waals surface area (Å²) in [6.45, 7) is 8.21. The van der Waals surface area contributed by atoms with E-state index < -0.39 is 40.2 Å². The molecule has 1 N–H and O–H groups in total. The molecule has 3 rings (SSSR count). The lowest BCUT2D eigenvalue weighted by Gasteiger charge is -2.33. The second-order valence-electron chi connectivity index (χ2n) is 9.65. The third kappa shape index (κ3) is 7.03. The van der Waals surface area contributed by atoms with Crippen LogP contribution in [0, 0.1) is 19.7 Å². The molecule has 2 atom stereocenters. The van der Waals surface area contributed by atoms with Gasteiger partial charge in [0.25, 0.3) is 10.0 Å². The van der Waals surface area contributed by atoms with E-state index in [0.717, 1.165) is 9.87 Å². The van der Waals surface area contributed by atoms with E-state index >= 15 is 0 Å². The second kappa shape index (κ2) is 12.9. The zero-order valence-corrected chi connectivity index (χ0v) is 23.8. The first kappa shape index (κ1) is 29.8. The van der Waals surface area contributed by atoms with Gasteiger partial charge in [-0.2, -0.15) is 0 Å². The average Bonchev–Trinajstić information content (AvgIpc) is 2.92. The maximum absolute atomic E-state index is 14.6. The number of nitrogens with one attached hydrogen (secondary N) is 1. The van der Waals surface area contributed by atoms with E-state index in [4.69, 9.17) is 0 Å². The van der Waals surface area contributed by atoms with Crippen LogP contribution in [0.1, 0.15) is 43.9 Å². The highest BCUT2D eigenvalue weighted by molar-refractivity contribution is 7.92. The molecule has 0 spiro atoms. The Balaban J connectivity index is 2.07. The summed E-state index contributed by atoms with van der Waals surface area (Å²) in [5, 5.41) is 2.86. The summed E-state index contributed by atoms with van der Waals surface area (Å²) in [4.78, 5) is 28.3. The maximum atomic E-state index is 14.6. The minimum absolute atomic E-state index is 0.0296. The lowest BCUT2D eigenvalue weighted by molar-refractivity contribution is -0.139. The predicted molar refractivity (Wildman–Crippen MR) is 151 cm³/mol.